The number of anilines is 1. The van der Waals surface area contributed by atoms with Gasteiger partial charge in [0.1, 0.15) is 17.9 Å². The molecule has 0 aliphatic carbocycles. The van der Waals surface area contributed by atoms with Gasteiger partial charge in [-0.3, -0.25) is 4.79 Å². The van der Waals surface area contributed by atoms with Crippen LogP contribution in [0.15, 0.2) is 74.6 Å². The van der Waals surface area contributed by atoms with Crippen LogP contribution in [0.25, 0.3) is 5.76 Å². The first-order valence-corrected chi connectivity index (χ1v) is 10.2. The number of hydrogen-bond acceptors (Lipinski definition) is 8. The Kier molecular flexibility index (Phi) is 5.86. The number of sulfone groups is 1. The highest BCUT2D eigenvalue weighted by Gasteiger charge is 2.22. The zero-order valence-electron chi connectivity index (χ0n) is 16.0. The number of carbonyl (C=O) groups excluding carboxylic acids is 1. The monoisotopic (exact) mass is 434 g/mol. The number of amides is 1. The average molecular weight is 434 g/mol. The standard InChI is InChI=1S/C21H14N4O5S/c1-13-18(12-24-30-13)20(26)17(11-23)21(27)25-15-6-8-16(9-7-15)31(28,29)19-5-3-2-4-14(19)10-22/h2-9,12,26H,1H3,(H,25,27)/b20-17-. The molecule has 2 N–H and O–H groups in total. The Morgan fingerprint density at radius 1 is 1.13 bits per heavy atom. The summed E-state index contributed by atoms with van der Waals surface area (Å²) in [7, 11) is -3.95. The average Bonchev–Trinajstić information content (AvgIpc) is 3.20. The van der Waals surface area contributed by atoms with Crippen LogP contribution in [0.3, 0.4) is 0 Å². The van der Waals surface area contributed by atoms with Crippen LogP contribution in [0.4, 0.5) is 5.69 Å². The molecule has 0 saturated carbocycles. The molecule has 154 valence electrons. The number of nitrogens with zero attached hydrogens (tertiary/aromatic N) is 3. The second-order valence-corrected chi connectivity index (χ2v) is 8.14. The van der Waals surface area contributed by atoms with Crippen LogP contribution < -0.4 is 5.32 Å². The van der Waals surface area contributed by atoms with Crippen molar-refractivity contribution in [3.8, 4) is 12.1 Å². The minimum atomic E-state index is -3.95. The molecule has 0 spiro atoms. The normalized spacial score (nSPS) is 11.7. The molecule has 0 unspecified atom stereocenters. The fourth-order valence-corrected chi connectivity index (χ4v) is 4.11. The third kappa shape index (κ3) is 4.15. The van der Waals surface area contributed by atoms with Crippen molar-refractivity contribution >= 4 is 27.2 Å². The summed E-state index contributed by atoms with van der Waals surface area (Å²) in [4.78, 5) is 12.2. The maximum Gasteiger partial charge on any atom is 0.270 e. The number of nitriles is 2. The minimum absolute atomic E-state index is 0.0168. The van der Waals surface area contributed by atoms with Crippen molar-refractivity contribution in [3.05, 3.63) is 77.2 Å². The molecule has 0 saturated heterocycles. The van der Waals surface area contributed by atoms with Crippen LogP contribution in [-0.4, -0.2) is 24.6 Å². The van der Waals surface area contributed by atoms with E-state index in [0.717, 1.165) is 0 Å². The van der Waals surface area contributed by atoms with Crippen molar-refractivity contribution in [1.82, 2.24) is 5.16 Å². The molecular formula is C21H14N4O5S. The predicted molar refractivity (Wildman–Crippen MR) is 108 cm³/mol. The van der Waals surface area contributed by atoms with Crippen LogP contribution in [0, 0.1) is 29.6 Å². The number of aliphatic hydroxyl groups excluding tert-OH is 1. The lowest BCUT2D eigenvalue weighted by Gasteiger charge is -2.09. The van der Waals surface area contributed by atoms with E-state index in [1.54, 1.807) is 12.1 Å². The molecule has 1 aromatic heterocycles. The van der Waals surface area contributed by atoms with E-state index in [4.69, 9.17) is 9.78 Å². The van der Waals surface area contributed by atoms with E-state index in [1.165, 1.54) is 55.6 Å². The van der Waals surface area contributed by atoms with Crippen molar-refractivity contribution in [3.63, 3.8) is 0 Å². The summed E-state index contributed by atoms with van der Waals surface area (Å²) in [5, 5.41) is 34.5. The number of rotatable bonds is 5. The summed E-state index contributed by atoms with van der Waals surface area (Å²) in [6.07, 6.45) is 1.17. The summed E-state index contributed by atoms with van der Waals surface area (Å²) in [6, 6.07) is 14.5. The number of aromatic nitrogens is 1. The van der Waals surface area contributed by atoms with Gasteiger partial charge in [0.05, 0.1) is 27.1 Å². The Morgan fingerprint density at radius 3 is 2.39 bits per heavy atom. The molecule has 31 heavy (non-hydrogen) atoms. The summed E-state index contributed by atoms with van der Waals surface area (Å²) in [6.45, 7) is 1.51. The van der Waals surface area contributed by atoms with Gasteiger partial charge in [-0.05, 0) is 43.3 Å². The lowest BCUT2D eigenvalue weighted by Crippen LogP contribution is -2.15. The highest BCUT2D eigenvalue weighted by molar-refractivity contribution is 7.91. The van der Waals surface area contributed by atoms with Gasteiger partial charge in [-0.25, -0.2) is 8.42 Å². The fourth-order valence-electron chi connectivity index (χ4n) is 2.70. The van der Waals surface area contributed by atoms with Gasteiger partial charge in [-0.1, -0.05) is 17.3 Å². The Balaban J connectivity index is 1.87. The van der Waals surface area contributed by atoms with Gasteiger partial charge in [0.15, 0.2) is 11.3 Å². The van der Waals surface area contributed by atoms with Gasteiger partial charge in [0, 0.05) is 5.69 Å². The Morgan fingerprint density at radius 2 is 1.81 bits per heavy atom. The van der Waals surface area contributed by atoms with Gasteiger partial charge >= 0.3 is 0 Å². The molecule has 1 amide bonds. The number of aryl methyl sites for hydroxylation is 1. The summed E-state index contributed by atoms with van der Waals surface area (Å²) in [5.41, 5.74) is -0.251. The van der Waals surface area contributed by atoms with Crippen LogP contribution in [0.1, 0.15) is 16.9 Å². The molecular weight excluding hydrogens is 420 g/mol. The van der Waals surface area contributed by atoms with E-state index < -0.39 is 27.1 Å². The fraction of sp³-hybridized carbons (Fsp3) is 0.0476. The molecule has 0 aliphatic heterocycles. The van der Waals surface area contributed by atoms with E-state index >= 15 is 0 Å². The zero-order chi connectivity index (χ0) is 22.6. The summed E-state index contributed by atoms with van der Waals surface area (Å²) >= 11 is 0. The van der Waals surface area contributed by atoms with E-state index in [-0.39, 0.29) is 32.4 Å². The van der Waals surface area contributed by atoms with Gasteiger partial charge in [-0.2, -0.15) is 10.5 Å². The molecule has 9 nitrogen and oxygen atoms in total. The van der Waals surface area contributed by atoms with Crippen LogP contribution in [0.5, 0.6) is 0 Å². The Hall–Kier alpha value is -4.41. The number of nitrogens with one attached hydrogen (secondary N) is 1. The predicted octanol–water partition coefficient (Wildman–Crippen LogP) is 3.12. The second kappa shape index (κ2) is 8.53. The molecule has 0 fully saturated rings. The van der Waals surface area contributed by atoms with Gasteiger partial charge in [0.25, 0.3) is 5.91 Å². The molecule has 3 aromatic rings. The Bertz CT molecular complexity index is 1370. The maximum absolute atomic E-state index is 12.8. The van der Waals surface area contributed by atoms with Crippen molar-refractivity contribution in [2.24, 2.45) is 0 Å². The summed E-state index contributed by atoms with van der Waals surface area (Å²) in [5.74, 6) is -1.26. The van der Waals surface area contributed by atoms with E-state index in [0.29, 0.717) is 0 Å². The SMILES string of the molecule is Cc1oncc1/C(O)=C(\C#N)C(=O)Nc1ccc(S(=O)(=O)c2ccccc2C#N)cc1. The lowest BCUT2D eigenvalue weighted by molar-refractivity contribution is -0.112. The minimum Gasteiger partial charge on any atom is -0.506 e. The van der Waals surface area contributed by atoms with Gasteiger partial charge < -0.3 is 14.9 Å². The number of hydrogen-bond donors (Lipinski definition) is 2. The third-order valence-corrected chi connectivity index (χ3v) is 6.13. The van der Waals surface area contributed by atoms with Gasteiger partial charge in [0.2, 0.25) is 9.84 Å². The van der Waals surface area contributed by atoms with Gasteiger partial charge in [-0.15, -0.1) is 0 Å². The molecule has 0 bridgehead atoms. The molecule has 0 radical (unpaired) electrons. The molecule has 10 heteroatoms. The molecule has 2 aromatic carbocycles. The molecule has 1 heterocycles. The Labute approximate surface area is 177 Å². The van der Waals surface area contributed by atoms with E-state index in [2.05, 4.69) is 10.5 Å². The van der Waals surface area contributed by atoms with Crippen molar-refractivity contribution in [1.29, 1.82) is 10.5 Å². The second-order valence-electron chi connectivity index (χ2n) is 6.22. The highest BCUT2D eigenvalue weighted by Crippen LogP contribution is 2.25. The number of benzene rings is 2. The lowest BCUT2D eigenvalue weighted by atomic mass is 10.1. The van der Waals surface area contributed by atoms with Crippen molar-refractivity contribution in [2.45, 2.75) is 16.7 Å². The van der Waals surface area contributed by atoms with Crippen LogP contribution in [0.2, 0.25) is 0 Å². The third-order valence-electron chi connectivity index (χ3n) is 4.30. The molecule has 3 rings (SSSR count). The zero-order valence-corrected chi connectivity index (χ0v) is 16.8. The number of carbonyl (C=O) groups is 1. The quantitative estimate of drug-likeness (QED) is 0.352. The topological polar surface area (TPSA) is 157 Å². The molecule has 0 aliphatic rings. The molecule has 0 atom stereocenters. The smallest absolute Gasteiger partial charge is 0.270 e. The summed E-state index contributed by atoms with van der Waals surface area (Å²) < 4.78 is 30.4. The van der Waals surface area contributed by atoms with Crippen LogP contribution >= 0.6 is 0 Å². The van der Waals surface area contributed by atoms with E-state index in [9.17, 15) is 23.6 Å². The van der Waals surface area contributed by atoms with Crippen molar-refractivity contribution < 1.29 is 22.8 Å². The number of aliphatic hydroxyl groups is 1. The van der Waals surface area contributed by atoms with Crippen LogP contribution in [-0.2, 0) is 14.6 Å². The van der Waals surface area contributed by atoms with E-state index in [1.807, 2.05) is 6.07 Å². The highest BCUT2D eigenvalue weighted by atomic mass is 32.2. The first-order valence-electron chi connectivity index (χ1n) is 8.70. The largest absolute Gasteiger partial charge is 0.506 e. The maximum atomic E-state index is 12.8. The van der Waals surface area contributed by atoms with Crippen molar-refractivity contribution in [2.75, 3.05) is 5.32 Å². The first kappa shape index (κ1) is 21.3. The first-order chi connectivity index (χ1) is 14.8.